The molecule has 0 saturated heterocycles. The maximum absolute atomic E-state index is 8.71. The molecule has 0 aromatic carbocycles. The van der Waals surface area contributed by atoms with Gasteiger partial charge in [-0.2, -0.15) is 5.26 Å². The van der Waals surface area contributed by atoms with Crippen molar-refractivity contribution in [2.75, 3.05) is 0 Å². The summed E-state index contributed by atoms with van der Waals surface area (Å²) in [5.74, 6) is 1.08. The summed E-state index contributed by atoms with van der Waals surface area (Å²) in [6.07, 6.45) is 5.90. The van der Waals surface area contributed by atoms with Crippen LogP contribution < -0.4 is 5.32 Å². The van der Waals surface area contributed by atoms with E-state index in [-0.39, 0.29) is 6.04 Å². The van der Waals surface area contributed by atoms with E-state index in [0.29, 0.717) is 11.8 Å². The van der Waals surface area contributed by atoms with Crippen molar-refractivity contribution in [3.63, 3.8) is 0 Å². The number of hydrogen-bond donors (Lipinski definition) is 1. The van der Waals surface area contributed by atoms with Gasteiger partial charge in [0.25, 0.3) is 0 Å². The van der Waals surface area contributed by atoms with Crippen LogP contribution in [0.15, 0.2) is 24.6 Å². The first-order chi connectivity index (χ1) is 8.54. The minimum Gasteiger partial charge on any atom is -0.462 e. The van der Waals surface area contributed by atoms with E-state index in [4.69, 9.17) is 10.00 Å². The second kappa shape index (κ2) is 7.10. The van der Waals surface area contributed by atoms with Crippen LogP contribution in [0.3, 0.4) is 0 Å². The van der Waals surface area contributed by atoms with Gasteiger partial charge in [-0.25, -0.2) is 0 Å². The molecule has 0 heterocycles. The molecule has 1 saturated carbocycles. The summed E-state index contributed by atoms with van der Waals surface area (Å²) in [5, 5.41) is 12.0. The van der Waals surface area contributed by atoms with Crippen LogP contribution in [0.4, 0.5) is 0 Å². The average Bonchev–Trinajstić information content (AvgIpc) is 2.36. The Kier molecular flexibility index (Phi) is 5.77. The first kappa shape index (κ1) is 14.6. The predicted octanol–water partition coefficient (Wildman–Crippen LogP) is 3.50. The Labute approximate surface area is 111 Å². The molecule has 0 aromatic rings. The van der Waals surface area contributed by atoms with Gasteiger partial charge in [-0.3, -0.25) is 0 Å². The van der Waals surface area contributed by atoms with Crippen LogP contribution in [0.2, 0.25) is 0 Å². The molecule has 1 N–H and O–H groups in total. The summed E-state index contributed by atoms with van der Waals surface area (Å²) in [4.78, 5) is 0. The smallest absolute Gasteiger partial charge is 0.183 e. The summed E-state index contributed by atoms with van der Waals surface area (Å²) >= 11 is 0. The Bertz CT molecular complexity index is 337. The summed E-state index contributed by atoms with van der Waals surface area (Å²) in [5.41, 5.74) is 1.11. The lowest BCUT2D eigenvalue weighted by molar-refractivity contribution is 0.144. The van der Waals surface area contributed by atoms with Crippen molar-refractivity contribution in [1.29, 1.82) is 5.26 Å². The van der Waals surface area contributed by atoms with E-state index in [0.717, 1.165) is 5.57 Å². The van der Waals surface area contributed by atoms with E-state index >= 15 is 0 Å². The van der Waals surface area contributed by atoms with Gasteiger partial charge < -0.3 is 10.1 Å². The van der Waals surface area contributed by atoms with Crippen molar-refractivity contribution in [2.24, 2.45) is 5.92 Å². The van der Waals surface area contributed by atoms with Crippen molar-refractivity contribution in [3.8, 4) is 6.07 Å². The Morgan fingerprint density at radius 3 is 2.44 bits per heavy atom. The van der Waals surface area contributed by atoms with Gasteiger partial charge in [0.15, 0.2) is 12.0 Å². The maximum atomic E-state index is 8.71. The molecule has 1 fully saturated rings. The van der Waals surface area contributed by atoms with E-state index in [1.54, 1.807) is 6.92 Å². The number of nitrogens with zero attached hydrogens (tertiary/aromatic N) is 1. The Balaban J connectivity index is 2.54. The molecule has 0 aromatic heterocycles. The van der Waals surface area contributed by atoms with E-state index < -0.39 is 6.10 Å². The molecule has 1 aliphatic rings. The van der Waals surface area contributed by atoms with Gasteiger partial charge >= 0.3 is 0 Å². The van der Waals surface area contributed by atoms with Crippen LogP contribution in [0.1, 0.15) is 46.0 Å². The van der Waals surface area contributed by atoms with Gasteiger partial charge in [0.2, 0.25) is 0 Å². The zero-order valence-electron chi connectivity index (χ0n) is 11.5. The highest BCUT2D eigenvalue weighted by Crippen LogP contribution is 2.29. The summed E-state index contributed by atoms with van der Waals surface area (Å²) in [7, 11) is 0. The fourth-order valence-electron chi connectivity index (χ4n) is 2.56. The quantitative estimate of drug-likeness (QED) is 0.578. The normalized spacial score (nSPS) is 19.4. The highest BCUT2D eigenvalue weighted by molar-refractivity contribution is 5.08. The molecule has 3 nitrogen and oxygen atoms in total. The Morgan fingerprint density at radius 1 is 1.33 bits per heavy atom. The molecular weight excluding hydrogens is 224 g/mol. The van der Waals surface area contributed by atoms with Crippen molar-refractivity contribution >= 4 is 0 Å². The van der Waals surface area contributed by atoms with E-state index in [1.165, 1.54) is 32.1 Å². The zero-order valence-corrected chi connectivity index (χ0v) is 11.5. The highest BCUT2D eigenvalue weighted by Gasteiger charge is 2.24. The lowest BCUT2D eigenvalue weighted by Gasteiger charge is -2.32. The Morgan fingerprint density at radius 2 is 1.94 bits per heavy atom. The molecule has 3 heteroatoms. The number of rotatable bonds is 6. The van der Waals surface area contributed by atoms with Gasteiger partial charge in [0.05, 0.1) is 6.04 Å². The van der Waals surface area contributed by atoms with Crippen molar-refractivity contribution in [3.05, 3.63) is 24.6 Å². The molecule has 0 amide bonds. The first-order valence-electron chi connectivity index (χ1n) is 6.71. The lowest BCUT2D eigenvalue weighted by atomic mass is 9.81. The van der Waals surface area contributed by atoms with E-state index in [1.807, 2.05) is 13.0 Å². The third-order valence-corrected chi connectivity index (χ3v) is 3.47. The SMILES string of the molecule is C=C(NC(C(=C)C)C1CCCCC1)OC(C)C#N. The second-order valence-corrected chi connectivity index (χ2v) is 5.18. The molecule has 0 spiro atoms. The zero-order chi connectivity index (χ0) is 13.5. The fraction of sp³-hybridized carbons (Fsp3) is 0.667. The van der Waals surface area contributed by atoms with Crippen LogP contribution >= 0.6 is 0 Å². The van der Waals surface area contributed by atoms with Crippen molar-refractivity contribution < 1.29 is 4.74 Å². The van der Waals surface area contributed by atoms with Crippen molar-refractivity contribution in [1.82, 2.24) is 5.32 Å². The number of ether oxygens (including phenoxy) is 1. The standard InChI is InChI=1S/C15H24N2O/c1-11(2)15(14-8-6-5-7-9-14)17-13(4)18-12(3)10-16/h12,14-15,17H,1,4-9H2,2-3H3. The molecule has 18 heavy (non-hydrogen) atoms. The molecule has 0 aliphatic heterocycles. The van der Waals surface area contributed by atoms with Gasteiger partial charge in [0, 0.05) is 0 Å². The maximum Gasteiger partial charge on any atom is 0.183 e. The van der Waals surface area contributed by atoms with Gasteiger partial charge in [-0.1, -0.05) is 31.4 Å². The third-order valence-electron chi connectivity index (χ3n) is 3.47. The van der Waals surface area contributed by atoms with Gasteiger partial charge in [-0.15, -0.1) is 0 Å². The number of hydrogen-bond acceptors (Lipinski definition) is 3. The molecule has 1 rings (SSSR count). The van der Waals surface area contributed by atoms with E-state index in [9.17, 15) is 0 Å². The number of nitriles is 1. The van der Waals surface area contributed by atoms with Crippen LogP contribution in [0, 0.1) is 17.2 Å². The van der Waals surface area contributed by atoms with Crippen LogP contribution in [-0.2, 0) is 4.74 Å². The summed E-state index contributed by atoms with van der Waals surface area (Å²) in [6.45, 7) is 11.6. The van der Waals surface area contributed by atoms with Crippen LogP contribution in [0.5, 0.6) is 0 Å². The third kappa shape index (κ3) is 4.44. The summed E-state index contributed by atoms with van der Waals surface area (Å²) in [6, 6.07) is 2.24. The van der Waals surface area contributed by atoms with Gasteiger partial charge in [-0.05, 0) is 39.2 Å². The predicted molar refractivity (Wildman–Crippen MR) is 73.6 cm³/mol. The second-order valence-electron chi connectivity index (χ2n) is 5.18. The molecule has 0 radical (unpaired) electrons. The van der Waals surface area contributed by atoms with Crippen LogP contribution in [0.25, 0.3) is 0 Å². The topological polar surface area (TPSA) is 45.0 Å². The average molecular weight is 248 g/mol. The molecular formula is C15H24N2O. The molecule has 2 atom stereocenters. The fourth-order valence-corrected chi connectivity index (χ4v) is 2.56. The summed E-state index contributed by atoms with van der Waals surface area (Å²) < 4.78 is 5.36. The van der Waals surface area contributed by atoms with Crippen LogP contribution in [-0.4, -0.2) is 12.1 Å². The monoisotopic (exact) mass is 248 g/mol. The largest absolute Gasteiger partial charge is 0.462 e. The van der Waals surface area contributed by atoms with E-state index in [2.05, 4.69) is 18.5 Å². The first-order valence-corrected chi connectivity index (χ1v) is 6.71. The minimum atomic E-state index is -0.470. The minimum absolute atomic E-state index is 0.212. The molecule has 2 unspecified atom stereocenters. The molecule has 1 aliphatic carbocycles. The lowest BCUT2D eigenvalue weighted by Crippen LogP contribution is -2.38. The van der Waals surface area contributed by atoms with Gasteiger partial charge in [0.1, 0.15) is 6.07 Å². The number of nitrogens with one attached hydrogen (secondary N) is 1. The molecule has 0 bridgehead atoms. The molecule has 100 valence electrons. The van der Waals surface area contributed by atoms with Crippen molar-refractivity contribution in [2.45, 2.75) is 58.1 Å². The Hall–Kier alpha value is -1.43. The highest BCUT2D eigenvalue weighted by atomic mass is 16.5.